The molecule has 1 atom stereocenters. The number of nitrogens with one attached hydrogen (secondary N) is 1. The van der Waals surface area contributed by atoms with Gasteiger partial charge in [-0.25, -0.2) is 13.1 Å². The van der Waals surface area contributed by atoms with Crippen LogP contribution in [0.1, 0.15) is 38.7 Å². The Bertz CT molecular complexity index is 772. The minimum atomic E-state index is -3.69. The maximum absolute atomic E-state index is 12.4. The van der Waals surface area contributed by atoms with E-state index in [2.05, 4.69) is 14.9 Å². The molecule has 1 heterocycles. The van der Waals surface area contributed by atoms with E-state index in [9.17, 15) is 8.42 Å². The van der Waals surface area contributed by atoms with Crippen LogP contribution in [0.3, 0.4) is 0 Å². The van der Waals surface area contributed by atoms with Gasteiger partial charge >= 0.3 is 6.01 Å². The van der Waals surface area contributed by atoms with E-state index in [0.29, 0.717) is 16.9 Å². The van der Waals surface area contributed by atoms with Crippen molar-refractivity contribution in [1.29, 1.82) is 0 Å². The second kappa shape index (κ2) is 6.86. The van der Waals surface area contributed by atoms with Crippen molar-refractivity contribution in [3.63, 3.8) is 0 Å². The molecule has 0 aliphatic heterocycles. The molecule has 0 saturated heterocycles. The maximum atomic E-state index is 12.4. The van der Waals surface area contributed by atoms with Gasteiger partial charge in [0.2, 0.25) is 10.0 Å². The average Bonchev–Trinajstić information content (AvgIpc) is 2.91. The van der Waals surface area contributed by atoms with Crippen molar-refractivity contribution in [2.45, 2.75) is 37.8 Å². The molecule has 0 aliphatic rings. The number of halogens is 1. The standard InChI is InChI=1S/C14H19ClN4O3S/c1-9(2)19-13(16-17-14(19)22-4)10(3)18-23(20,21)12-7-5-11(15)6-8-12/h5-10,18H,1-4H3/t10-/m1/s1. The number of hydrogen-bond donors (Lipinski definition) is 1. The fraction of sp³-hybridized carbons (Fsp3) is 0.429. The molecule has 23 heavy (non-hydrogen) atoms. The molecular formula is C14H19ClN4O3S. The van der Waals surface area contributed by atoms with Gasteiger partial charge in [-0.2, -0.15) is 0 Å². The number of sulfonamides is 1. The van der Waals surface area contributed by atoms with Crippen molar-refractivity contribution in [3.8, 4) is 6.01 Å². The molecule has 0 bridgehead atoms. The number of benzene rings is 1. The van der Waals surface area contributed by atoms with Crippen LogP contribution in [0.4, 0.5) is 0 Å². The first-order valence-electron chi connectivity index (χ1n) is 7.03. The Hall–Kier alpha value is -1.64. The lowest BCUT2D eigenvalue weighted by Crippen LogP contribution is -2.29. The zero-order chi connectivity index (χ0) is 17.2. The number of rotatable bonds is 6. The van der Waals surface area contributed by atoms with Crippen LogP contribution in [0.25, 0.3) is 0 Å². The van der Waals surface area contributed by atoms with Crippen LogP contribution < -0.4 is 9.46 Å². The van der Waals surface area contributed by atoms with Gasteiger partial charge in [-0.3, -0.25) is 4.57 Å². The van der Waals surface area contributed by atoms with Gasteiger partial charge in [-0.15, -0.1) is 5.10 Å². The van der Waals surface area contributed by atoms with Crippen LogP contribution in [0.15, 0.2) is 29.2 Å². The Labute approximate surface area is 140 Å². The van der Waals surface area contributed by atoms with Gasteiger partial charge in [-0.1, -0.05) is 16.7 Å². The Morgan fingerprint density at radius 2 is 1.78 bits per heavy atom. The number of ether oxygens (including phenoxy) is 1. The molecular weight excluding hydrogens is 340 g/mol. The molecule has 0 fully saturated rings. The summed E-state index contributed by atoms with van der Waals surface area (Å²) >= 11 is 5.79. The van der Waals surface area contributed by atoms with Gasteiger partial charge in [0.25, 0.3) is 0 Å². The summed E-state index contributed by atoms with van der Waals surface area (Å²) in [5, 5.41) is 8.44. The van der Waals surface area contributed by atoms with Crippen molar-refractivity contribution in [3.05, 3.63) is 35.1 Å². The van der Waals surface area contributed by atoms with Crippen LogP contribution in [0.5, 0.6) is 6.01 Å². The lowest BCUT2D eigenvalue weighted by atomic mass is 10.3. The largest absolute Gasteiger partial charge is 0.467 e. The highest BCUT2D eigenvalue weighted by Gasteiger charge is 2.25. The average molecular weight is 359 g/mol. The summed E-state index contributed by atoms with van der Waals surface area (Å²) in [5.74, 6) is 0.481. The van der Waals surface area contributed by atoms with Crippen LogP contribution >= 0.6 is 11.6 Å². The molecule has 2 rings (SSSR count). The fourth-order valence-electron chi connectivity index (χ4n) is 2.18. The molecule has 0 spiro atoms. The van der Waals surface area contributed by atoms with E-state index >= 15 is 0 Å². The van der Waals surface area contributed by atoms with E-state index in [-0.39, 0.29) is 10.9 Å². The highest BCUT2D eigenvalue weighted by Crippen LogP contribution is 2.23. The lowest BCUT2D eigenvalue weighted by Gasteiger charge is -2.18. The number of methoxy groups -OCH3 is 1. The van der Waals surface area contributed by atoms with Gasteiger partial charge < -0.3 is 4.74 Å². The molecule has 9 heteroatoms. The number of aromatic nitrogens is 3. The third-order valence-corrected chi connectivity index (χ3v) is 5.04. The topological polar surface area (TPSA) is 86.1 Å². The van der Waals surface area contributed by atoms with E-state index < -0.39 is 16.1 Å². The van der Waals surface area contributed by atoms with Crippen LogP contribution in [0, 0.1) is 0 Å². The first-order chi connectivity index (χ1) is 10.8. The second-order valence-electron chi connectivity index (χ2n) is 5.31. The smallest absolute Gasteiger partial charge is 0.316 e. The Morgan fingerprint density at radius 3 is 2.30 bits per heavy atom. The summed E-state index contributed by atoms with van der Waals surface area (Å²) in [7, 11) is -2.20. The third-order valence-electron chi connectivity index (χ3n) is 3.23. The van der Waals surface area contributed by atoms with E-state index in [1.54, 1.807) is 11.5 Å². The molecule has 1 N–H and O–H groups in total. The summed E-state index contributed by atoms with van der Waals surface area (Å²) in [6, 6.07) is 5.75. The fourth-order valence-corrected chi connectivity index (χ4v) is 3.50. The van der Waals surface area contributed by atoms with Crippen LogP contribution in [-0.2, 0) is 10.0 Å². The van der Waals surface area contributed by atoms with Gasteiger partial charge in [0, 0.05) is 11.1 Å². The minimum Gasteiger partial charge on any atom is -0.467 e. The van der Waals surface area contributed by atoms with E-state index in [4.69, 9.17) is 16.3 Å². The quantitative estimate of drug-likeness (QED) is 0.857. The molecule has 0 radical (unpaired) electrons. The molecule has 126 valence electrons. The molecule has 0 amide bonds. The number of hydrogen-bond acceptors (Lipinski definition) is 5. The molecule has 1 aromatic carbocycles. The molecule has 0 saturated carbocycles. The SMILES string of the molecule is COc1nnc([C@@H](C)NS(=O)(=O)c2ccc(Cl)cc2)n1C(C)C. The highest BCUT2D eigenvalue weighted by molar-refractivity contribution is 7.89. The third kappa shape index (κ3) is 3.82. The lowest BCUT2D eigenvalue weighted by molar-refractivity contribution is 0.340. The van der Waals surface area contributed by atoms with E-state index in [1.807, 2.05) is 13.8 Å². The monoisotopic (exact) mass is 358 g/mol. The van der Waals surface area contributed by atoms with Gasteiger partial charge in [0.15, 0.2) is 5.82 Å². The van der Waals surface area contributed by atoms with Crippen LogP contribution in [0.2, 0.25) is 5.02 Å². The summed E-state index contributed by atoms with van der Waals surface area (Å²) in [6.45, 7) is 5.58. The predicted molar refractivity (Wildman–Crippen MR) is 87.1 cm³/mol. The number of nitrogens with zero attached hydrogens (tertiary/aromatic N) is 3. The Morgan fingerprint density at radius 1 is 1.17 bits per heavy atom. The Balaban J connectivity index is 2.30. The first kappa shape index (κ1) is 17.7. The Kier molecular flexibility index (Phi) is 5.28. The second-order valence-corrected chi connectivity index (χ2v) is 7.46. The molecule has 0 aliphatic carbocycles. The van der Waals surface area contributed by atoms with Crippen molar-refractivity contribution < 1.29 is 13.2 Å². The van der Waals surface area contributed by atoms with E-state index in [0.717, 1.165) is 0 Å². The molecule has 2 aromatic rings. The van der Waals surface area contributed by atoms with Crippen molar-refractivity contribution in [1.82, 2.24) is 19.5 Å². The van der Waals surface area contributed by atoms with Gasteiger partial charge in [0.05, 0.1) is 18.0 Å². The molecule has 1 aromatic heterocycles. The van der Waals surface area contributed by atoms with Crippen LogP contribution in [-0.4, -0.2) is 30.3 Å². The predicted octanol–water partition coefficient (Wildman–Crippen LogP) is 2.56. The minimum absolute atomic E-state index is 0.0254. The first-order valence-corrected chi connectivity index (χ1v) is 8.89. The summed E-state index contributed by atoms with van der Waals surface area (Å²) < 4.78 is 34.4. The van der Waals surface area contributed by atoms with E-state index in [1.165, 1.54) is 31.4 Å². The summed E-state index contributed by atoms with van der Waals surface area (Å²) in [4.78, 5) is 0.135. The summed E-state index contributed by atoms with van der Waals surface area (Å²) in [5.41, 5.74) is 0. The van der Waals surface area contributed by atoms with Gasteiger partial charge in [0.1, 0.15) is 0 Å². The zero-order valence-corrected chi connectivity index (χ0v) is 14.9. The van der Waals surface area contributed by atoms with Gasteiger partial charge in [-0.05, 0) is 45.0 Å². The molecule has 0 unspecified atom stereocenters. The van der Waals surface area contributed by atoms with Crippen molar-refractivity contribution in [2.24, 2.45) is 0 Å². The highest BCUT2D eigenvalue weighted by atomic mass is 35.5. The maximum Gasteiger partial charge on any atom is 0.316 e. The normalized spacial score (nSPS) is 13.3. The van der Waals surface area contributed by atoms with Crippen molar-refractivity contribution in [2.75, 3.05) is 7.11 Å². The zero-order valence-electron chi connectivity index (χ0n) is 13.3. The van der Waals surface area contributed by atoms with Crippen molar-refractivity contribution >= 4 is 21.6 Å². The molecule has 7 nitrogen and oxygen atoms in total. The summed E-state index contributed by atoms with van der Waals surface area (Å²) in [6.07, 6.45) is 0.